The first-order valence-electron chi connectivity index (χ1n) is 5.78. The number of allylic oxidation sites excluding steroid dienone is 2. The first-order chi connectivity index (χ1) is 8.69. The van der Waals surface area contributed by atoms with Crippen LogP contribution in [0.5, 0.6) is 0 Å². The molecular formula is C13H19N3O2. The smallest absolute Gasteiger partial charge is 0.278 e. The number of amides is 3. The van der Waals surface area contributed by atoms with Crippen molar-refractivity contribution in [2.45, 2.75) is 20.3 Å². The summed E-state index contributed by atoms with van der Waals surface area (Å²) in [6, 6.07) is -0.470. The monoisotopic (exact) mass is 249 g/mol. The highest BCUT2D eigenvalue weighted by Gasteiger charge is 2.25. The van der Waals surface area contributed by atoms with E-state index < -0.39 is 6.03 Å². The SMILES string of the molecule is C=C/C=C\N=C(C=C)N1CCC(=O)NC1=O.CC. The van der Waals surface area contributed by atoms with E-state index in [2.05, 4.69) is 23.5 Å². The summed E-state index contributed by atoms with van der Waals surface area (Å²) in [5.41, 5.74) is 0. The molecule has 1 N–H and O–H groups in total. The van der Waals surface area contributed by atoms with E-state index in [-0.39, 0.29) is 12.3 Å². The molecule has 5 nitrogen and oxygen atoms in total. The molecule has 5 heteroatoms. The highest BCUT2D eigenvalue weighted by molar-refractivity contribution is 6.09. The zero-order valence-corrected chi connectivity index (χ0v) is 10.8. The molecule has 0 unspecified atom stereocenters. The molecule has 1 rings (SSSR count). The van der Waals surface area contributed by atoms with Crippen molar-refractivity contribution in [1.82, 2.24) is 10.2 Å². The highest BCUT2D eigenvalue weighted by Crippen LogP contribution is 2.03. The zero-order chi connectivity index (χ0) is 14.0. The van der Waals surface area contributed by atoms with Crippen LogP contribution in [-0.2, 0) is 4.79 Å². The maximum atomic E-state index is 11.5. The van der Waals surface area contributed by atoms with Gasteiger partial charge in [0.25, 0.3) is 0 Å². The van der Waals surface area contributed by atoms with Gasteiger partial charge >= 0.3 is 6.03 Å². The number of hydrogen-bond acceptors (Lipinski definition) is 3. The summed E-state index contributed by atoms with van der Waals surface area (Å²) in [7, 11) is 0. The molecule has 0 atom stereocenters. The summed E-state index contributed by atoms with van der Waals surface area (Å²) in [5.74, 6) is 0.134. The molecule has 3 amide bonds. The van der Waals surface area contributed by atoms with Gasteiger partial charge in [-0.2, -0.15) is 0 Å². The minimum Gasteiger partial charge on any atom is -0.278 e. The Bertz CT molecular complexity index is 384. The molecule has 0 bridgehead atoms. The van der Waals surface area contributed by atoms with Crippen molar-refractivity contribution in [3.05, 3.63) is 37.6 Å². The molecule has 18 heavy (non-hydrogen) atoms. The number of aliphatic imine (C=N–C) groups is 1. The Hall–Kier alpha value is -2.17. The number of rotatable bonds is 3. The van der Waals surface area contributed by atoms with Gasteiger partial charge in [0.05, 0.1) is 0 Å². The van der Waals surface area contributed by atoms with Crippen molar-refractivity contribution in [1.29, 1.82) is 0 Å². The molecule has 1 saturated heterocycles. The number of hydrogen-bond donors (Lipinski definition) is 1. The topological polar surface area (TPSA) is 61.8 Å². The van der Waals surface area contributed by atoms with Crippen molar-refractivity contribution in [2.24, 2.45) is 4.99 Å². The second-order valence-corrected chi connectivity index (χ2v) is 3.02. The molecule has 98 valence electrons. The van der Waals surface area contributed by atoms with Gasteiger partial charge in [-0.05, 0) is 12.2 Å². The van der Waals surface area contributed by atoms with Gasteiger partial charge < -0.3 is 0 Å². The molecule has 0 saturated carbocycles. The second kappa shape index (κ2) is 8.92. The zero-order valence-electron chi connectivity index (χ0n) is 10.8. The summed E-state index contributed by atoms with van der Waals surface area (Å²) < 4.78 is 0. The number of carbonyl (C=O) groups excluding carboxylic acids is 2. The van der Waals surface area contributed by atoms with Crippen LogP contribution in [0.1, 0.15) is 20.3 Å². The molecule has 1 heterocycles. The van der Waals surface area contributed by atoms with E-state index in [1.54, 1.807) is 12.2 Å². The molecule has 0 aromatic heterocycles. The van der Waals surface area contributed by atoms with E-state index in [0.29, 0.717) is 12.4 Å². The Morgan fingerprint density at radius 1 is 1.39 bits per heavy atom. The summed E-state index contributed by atoms with van der Waals surface area (Å²) >= 11 is 0. The van der Waals surface area contributed by atoms with E-state index in [1.807, 2.05) is 13.8 Å². The number of amidine groups is 1. The normalized spacial score (nSPS) is 15.9. The molecule has 0 spiro atoms. The molecular weight excluding hydrogens is 230 g/mol. The largest absolute Gasteiger partial charge is 0.329 e. The van der Waals surface area contributed by atoms with Crippen molar-refractivity contribution in [3.8, 4) is 0 Å². The van der Waals surface area contributed by atoms with E-state index >= 15 is 0 Å². The third-order valence-corrected chi connectivity index (χ3v) is 1.94. The number of carbonyl (C=O) groups is 2. The average Bonchev–Trinajstić information content (AvgIpc) is 2.38. The summed E-state index contributed by atoms with van der Waals surface area (Å²) in [6.45, 7) is 11.4. The molecule has 0 aromatic rings. The third kappa shape index (κ3) is 4.78. The fraction of sp³-hybridized carbons (Fsp3) is 0.308. The van der Waals surface area contributed by atoms with Gasteiger partial charge in [0.1, 0.15) is 5.84 Å². The molecule has 0 aliphatic carbocycles. The van der Waals surface area contributed by atoms with E-state index in [0.717, 1.165) is 0 Å². The lowest BCUT2D eigenvalue weighted by Crippen LogP contribution is -2.51. The standard InChI is InChI=1S/C11H13N3O2.C2H6/c1-3-5-7-12-9(4-2)14-8-6-10(15)13-11(14)16;1-2/h3-5,7H,1-2,6,8H2,(H,13,15,16);1-2H3/b7-5-,12-9?;. The van der Waals surface area contributed by atoms with Crippen LogP contribution in [0.4, 0.5) is 4.79 Å². The van der Waals surface area contributed by atoms with Crippen LogP contribution >= 0.6 is 0 Å². The molecule has 0 radical (unpaired) electrons. The highest BCUT2D eigenvalue weighted by atomic mass is 16.2. The lowest BCUT2D eigenvalue weighted by atomic mass is 10.3. The van der Waals surface area contributed by atoms with E-state index in [9.17, 15) is 9.59 Å². The Labute approximate surface area is 108 Å². The Kier molecular flexibility index (Phi) is 7.85. The van der Waals surface area contributed by atoms with Gasteiger partial charge in [-0.3, -0.25) is 15.0 Å². The lowest BCUT2D eigenvalue weighted by molar-refractivity contribution is -0.121. The maximum absolute atomic E-state index is 11.5. The summed E-state index contributed by atoms with van der Waals surface area (Å²) in [6.07, 6.45) is 6.45. The van der Waals surface area contributed by atoms with E-state index in [4.69, 9.17) is 0 Å². The number of imide groups is 1. The van der Waals surface area contributed by atoms with E-state index in [1.165, 1.54) is 17.2 Å². The summed E-state index contributed by atoms with van der Waals surface area (Å²) in [4.78, 5) is 27.8. The summed E-state index contributed by atoms with van der Waals surface area (Å²) in [5, 5.41) is 2.21. The molecule has 1 fully saturated rings. The minimum atomic E-state index is -0.470. The van der Waals surface area contributed by atoms with Crippen LogP contribution < -0.4 is 5.32 Å². The number of nitrogens with zero attached hydrogens (tertiary/aromatic N) is 2. The Balaban J connectivity index is 0.00000137. The van der Waals surface area contributed by atoms with Crippen LogP contribution in [-0.4, -0.2) is 29.2 Å². The molecule has 0 aromatic carbocycles. The fourth-order valence-electron chi connectivity index (χ4n) is 1.20. The fourth-order valence-corrected chi connectivity index (χ4v) is 1.20. The van der Waals surface area contributed by atoms with Gasteiger partial charge in [-0.25, -0.2) is 9.79 Å². The van der Waals surface area contributed by atoms with Gasteiger partial charge in [0, 0.05) is 19.2 Å². The Morgan fingerprint density at radius 2 is 2.06 bits per heavy atom. The Morgan fingerprint density at radius 3 is 2.56 bits per heavy atom. The minimum absolute atomic E-state index is 0.268. The number of urea groups is 1. The first-order valence-corrected chi connectivity index (χ1v) is 5.78. The van der Waals surface area contributed by atoms with Gasteiger partial charge in [-0.1, -0.05) is 33.1 Å². The van der Waals surface area contributed by atoms with Crippen molar-refractivity contribution in [2.75, 3.05) is 6.54 Å². The average molecular weight is 249 g/mol. The maximum Gasteiger partial charge on any atom is 0.329 e. The van der Waals surface area contributed by atoms with Gasteiger partial charge in [0.2, 0.25) is 5.91 Å². The van der Waals surface area contributed by atoms with Crippen LogP contribution in [0.25, 0.3) is 0 Å². The molecule has 1 aliphatic rings. The van der Waals surface area contributed by atoms with Crippen LogP contribution in [0.2, 0.25) is 0 Å². The second-order valence-electron chi connectivity index (χ2n) is 3.02. The van der Waals surface area contributed by atoms with Crippen LogP contribution in [0.15, 0.2) is 42.6 Å². The van der Waals surface area contributed by atoms with Gasteiger partial charge in [0.15, 0.2) is 0 Å². The predicted molar refractivity (Wildman–Crippen MR) is 73.2 cm³/mol. The lowest BCUT2D eigenvalue weighted by Gasteiger charge is -2.25. The number of nitrogens with one attached hydrogen (secondary N) is 1. The predicted octanol–water partition coefficient (Wildman–Crippen LogP) is 2.24. The van der Waals surface area contributed by atoms with Crippen LogP contribution in [0.3, 0.4) is 0 Å². The van der Waals surface area contributed by atoms with Crippen molar-refractivity contribution >= 4 is 17.8 Å². The van der Waals surface area contributed by atoms with Gasteiger partial charge in [-0.15, -0.1) is 0 Å². The van der Waals surface area contributed by atoms with Crippen LogP contribution in [0, 0.1) is 0 Å². The first kappa shape index (κ1) is 15.8. The van der Waals surface area contributed by atoms with Crippen molar-refractivity contribution < 1.29 is 9.59 Å². The molecule has 1 aliphatic heterocycles. The third-order valence-electron chi connectivity index (χ3n) is 1.94. The quantitative estimate of drug-likeness (QED) is 0.473. The van der Waals surface area contributed by atoms with Crippen molar-refractivity contribution in [3.63, 3.8) is 0 Å².